The van der Waals surface area contributed by atoms with Gasteiger partial charge < -0.3 is 5.11 Å². The molecule has 126 valence electrons. The van der Waals surface area contributed by atoms with E-state index in [1.165, 1.54) is 0 Å². The van der Waals surface area contributed by atoms with E-state index in [0.717, 1.165) is 22.0 Å². The molecule has 0 aliphatic carbocycles. The number of phenols is 1. The first kappa shape index (κ1) is 16.0. The van der Waals surface area contributed by atoms with Gasteiger partial charge in [-0.1, -0.05) is 36.4 Å². The van der Waals surface area contributed by atoms with Crippen LogP contribution in [0, 0.1) is 0 Å². The molecular formula is C22H17N2O2+. The van der Waals surface area contributed by atoms with Crippen LogP contribution in [-0.4, -0.2) is 15.9 Å². The van der Waals surface area contributed by atoms with E-state index in [1.54, 1.807) is 23.0 Å². The highest BCUT2D eigenvalue weighted by Crippen LogP contribution is 2.19. The molecule has 1 heterocycles. The quantitative estimate of drug-likeness (QED) is 0.454. The monoisotopic (exact) mass is 341 g/mol. The van der Waals surface area contributed by atoms with Gasteiger partial charge >= 0.3 is 0 Å². The zero-order valence-electron chi connectivity index (χ0n) is 14.0. The van der Waals surface area contributed by atoms with Crippen LogP contribution in [0.15, 0.2) is 85.3 Å². The number of hydrogen-bond acceptors (Lipinski definition) is 3. The van der Waals surface area contributed by atoms with Crippen LogP contribution in [0.5, 0.6) is 5.75 Å². The summed E-state index contributed by atoms with van der Waals surface area (Å²) in [6.07, 6.45) is 3.50. The molecule has 4 heteroatoms. The second-order valence-corrected chi connectivity index (χ2v) is 6.15. The average molecular weight is 341 g/mol. The SMILES string of the molecule is O=C(C[n+]1ccc(-c2ccc(O)cc2)nc1)c1ccc2ccccc2c1. The third-order valence-corrected chi connectivity index (χ3v) is 4.33. The van der Waals surface area contributed by atoms with Crippen LogP contribution < -0.4 is 4.57 Å². The summed E-state index contributed by atoms with van der Waals surface area (Å²) in [4.78, 5) is 17.0. The van der Waals surface area contributed by atoms with Crippen molar-refractivity contribution in [3.05, 3.63) is 90.9 Å². The van der Waals surface area contributed by atoms with Gasteiger partial charge in [0.25, 0.3) is 6.33 Å². The Labute approximate surface area is 151 Å². The van der Waals surface area contributed by atoms with Gasteiger partial charge in [-0.2, -0.15) is 0 Å². The highest BCUT2D eigenvalue weighted by atomic mass is 16.3. The summed E-state index contributed by atoms with van der Waals surface area (Å²) < 4.78 is 1.77. The molecular weight excluding hydrogens is 324 g/mol. The maximum absolute atomic E-state index is 12.6. The molecule has 4 nitrogen and oxygen atoms in total. The van der Waals surface area contributed by atoms with Crippen LogP contribution in [0.2, 0.25) is 0 Å². The number of carbonyl (C=O) groups is 1. The molecule has 3 aromatic carbocycles. The smallest absolute Gasteiger partial charge is 0.287 e. The van der Waals surface area contributed by atoms with E-state index < -0.39 is 0 Å². The van der Waals surface area contributed by atoms with E-state index in [2.05, 4.69) is 4.98 Å². The lowest BCUT2D eigenvalue weighted by molar-refractivity contribution is -0.686. The predicted molar refractivity (Wildman–Crippen MR) is 99.8 cm³/mol. The zero-order chi connectivity index (χ0) is 17.9. The van der Waals surface area contributed by atoms with Crippen molar-refractivity contribution in [3.63, 3.8) is 0 Å². The molecule has 1 aromatic heterocycles. The minimum absolute atomic E-state index is 0.0416. The van der Waals surface area contributed by atoms with Gasteiger partial charge in [-0.25, -0.2) is 4.57 Å². The summed E-state index contributed by atoms with van der Waals surface area (Å²) in [6.45, 7) is 0.237. The first-order valence-corrected chi connectivity index (χ1v) is 8.35. The van der Waals surface area contributed by atoms with Crippen LogP contribution in [0.4, 0.5) is 0 Å². The number of benzene rings is 3. The molecule has 0 fully saturated rings. The fourth-order valence-corrected chi connectivity index (χ4v) is 2.90. The number of phenolic OH excluding ortho intramolecular Hbond substituents is 1. The molecule has 4 aromatic rings. The Morgan fingerprint density at radius 1 is 0.923 bits per heavy atom. The summed E-state index contributed by atoms with van der Waals surface area (Å²) in [5, 5.41) is 11.5. The highest BCUT2D eigenvalue weighted by Gasteiger charge is 2.12. The lowest BCUT2D eigenvalue weighted by Crippen LogP contribution is -2.37. The highest BCUT2D eigenvalue weighted by molar-refractivity contribution is 5.99. The van der Waals surface area contributed by atoms with Crippen LogP contribution in [0.1, 0.15) is 10.4 Å². The van der Waals surface area contributed by atoms with Gasteiger partial charge in [-0.15, -0.1) is 0 Å². The van der Waals surface area contributed by atoms with Crippen molar-refractivity contribution in [1.29, 1.82) is 0 Å². The van der Waals surface area contributed by atoms with Gasteiger partial charge in [-0.3, -0.25) is 4.79 Å². The first-order chi connectivity index (χ1) is 12.7. The molecule has 0 atom stereocenters. The maximum atomic E-state index is 12.6. The molecule has 0 saturated carbocycles. The Morgan fingerprint density at radius 3 is 2.42 bits per heavy atom. The Bertz CT molecular complexity index is 1070. The van der Waals surface area contributed by atoms with Crippen molar-refractivity contribution in [2.24, 2.45) is 0 Å². The zero-order valence-corrected chi connectivity index (χ0v) is 14.0. The third kappa shape index (κ3) is 3.30. The number of carbonyl (C=O) groups excluding carboxylic acids is 1. The van der Waals surface area contributed by atoms with Crippen molar-refractivity contribution >= 4 is 16.6 Å². The summed E-state index contributed by atoms with van der Waals surface area (Å²) in [7, 11) is 0. The molecule has 0 unspecified atom stereocenters. The molecule has 4 rings (SSSR count). The minimum atomic E-state index is 0.0416. The molecule has 0 spiro atoms. The Morgan fingerprint density at radius 2 is 1.69 bits per heavy atom. The summed E-state index contributed by atoms with van der Waals surface area (Å²) >= 11 is 0. The van der Waals surface area contributed by atoms with Gasteiger partial charge in [0, 0.05) is 17.2 Å². The molecule has 0 radical (unpaired) electrons. The van der Waals surface area contributed by atoms with Crippen molar-refractivity contribution in [3.8, 4) is 17.0 Å². The topological polar surface area (TPSA) is 54.1 Å². The van der Waals surface area contributed by atoms with Crippen molar-refractivity contribution in [1.82, 2.24) is 4.98 Å². The number of hydrogen-bond donors (Lipinski definition) is 1. The molecule has 0 bridgehead atoms. The Kier molecular flexibility index (Phi) is 4.15. The van der Waals surface area contributed by atoms with Crippen LogP contribution in [-0.2, 0) is 6.54 Å². The van der Waals surface area contributed by atoms with Crippen LogP contribution in [0.25, 0.3) is 22.0 Å². The van der Waals surface area contributed by atoms with Gasteiger partial charge in [0.15, 0.2) is 12.2 Å². The Balaban J connectivity index is 1.52. The number of aromatic hydroxyl groups is 1. The van der Waals surface area contributed by atoms with Gasteiger partial charge in [0.05, 0.1) is 6.20 Å². The van der Waals surface area contributed by atoms with Gasteiger partial charge in [0.1, 0.15) is 5.75 Å². The number of Topliss-reactive ketones (excluding diaryl/α,β-unsaturated/α-hetero) is 1. The molecule has 0 amide bonds. The number of rotatable bonds is 4. The lowest BCUT2D eigenvalue weighted by atomic mass is 10.0. The molecule has 0 aliphatic heterocycles. The van der Waals surface area contributed by atoms with E-state index >= 15 is 0 Å². The van der Waals surface area contributed by atoms with Gasteiger partial charge in [0.2, 0.25) is 5.78 Å². The van der Waals surface area contributed by atoms with Gasteiger partial charge in [-0.05, 0) is 46.1 Å². The van der Waals surface area contributed by atoms with Crippen LogP contribution >= 0.6 is 0 Å². The van der Waals surface area contributed by atoms with Crippen molar-refractivity contribution in [2.45, 2.75) is 6.54 Å². The van der Waals surface area contributed by atoms with Crippen LogP contribution in [0.3, 0.4) is 0 Å². The number of aromatic nitrogens is 2. The maximum Gasteiger partial charge on any atom is 0.287 e. The fraction of sp³-hybridized carbons (Fsp3) is 0.0455. The summed E-state index contributed by atoms with van der Waals surface area (Å²) in [6, 6.07) is 22.5. The number of nitrogens with zero attached hydrogens (tertiary/aromatic N) is 2. The van der Waals surface area contributed by atoms with E-state index in [0.29, 0.717) is 5.56 Å². The normalized spacial score (nSPS) is 10.8. The standard InChI is InChI=1S/C22H16N2O2/c25-20-9-7-17(8-10-20)21-11-12-24(15-23-21)14-22(26)19-6-5-16-3-1-2-4-18(16)13-19/h1-13,15H,14H2/p+1. The number of ketones is 1. The molecule has 0 saturated heterocycles. The van der Waals surface area contributed by atoms with E-state index in [4.69, 9.17) is 0 Å². The second-order valence-electron chi connectivity index (χ2n) is 6.15. The minimum Gasteiger partial charge on any atom is -0.508 e. The lowest BCUT2D eigenvalue weighted by Gasteiger charge is -2.03. The fourth-order valence-electron chi connectivity index (χ4n) is 2.90. The Hall–Kier alpha value is -3.53. The summed E-state index contributed by atoms with van der Waals surface area (Å²) in [5.74, 6) is 0.265. The largest absolute Gasteiger partial charge is 0.508 e. The van der Waals surface area contributed by atoms with Crippen molar-refractivity contribution < 1.29 is 14.5 Å². The van der Waals surface area contributed by atoms with E-state index in [-0.39, 0.29) is 18.1 Å². The summed E-state index contributed by atoms with van der Waals surface area (Å²) in [5.41, 5.74) is 2.40. The average Bonchev–Trinajstić information content (AvgIpc) is 2.69. The first-order valence-electron chi connectivity index (χ1n) is 8.35. The molecule has 26 heavy (non-hydrogen) atoms. The molecule has 1 N–H and O–H groups in total. The van der Waals surface area contributed by atoms with E-state index in [9.17, 15) is 9.90 Å². The predicted octanol–water partition coefficient (Wildman–Crippen LogP) is 3.78. The number of fused-ring (bicyclic) bond motifs is 1. The second kappa shape index (κ2) is 6.76. The van der Waals surface area contributed by atoms with Crippen molar-refractivity contribution in [2.75, 3.05) is 0 Å². The molecule has 0 aliphatic rings. The van der Waals surface area contributed by atoms with E-state index in [1.807, 2.05) is 66.9 Å². The third-order valence-electron chi connectivity index (χ3n) is 4.33.